The highest BCUT2D eigenvalue weighted by Gasteiger charge is 2.18. The first-order valence-corrected chi connectivity index (χ1v) is 10.4. The van der Waals surface area contributed by atoms with Crippen molar-refractivity contribution in [3.8, 4) is 0 Å². The number of primary sulfonamides is 1. The third kappa shape index (κ3) is 3.62. The van der Waals surface area contributed by atoms with Crippen molar-refractivity contribution in [2.24, 2.45) is 5.14 Å². The molecule has 1 aromatic heterocycles. The predicted molar refractivity (Wildman–Crippen MR) is 97.9 cm³/mol. The van der Waals surface area contributed by atoms with Gasteiger partial charge in [-0.3, -0.25) is 9.52 Å². The Balaban J connectivity index is 2.03. The Morgan fingerprint density at radius 1 is 0.962 bits per heavy atom. The number of anilines is 1. The summed E-state index contributed by atoms with van der Waals surface area (Å²) in [5.41, 5.74) is 1.30. The van der Waals surface area contributed by atoms with Crippen LogP contribution in [0.3, 0.4) is 0 Å². The van der Waals surface area contributed by atoms with Crippen molar-refractivity contribution < 1.29 is 16.8 Å². The molecule has 136 valence electrons. The number of benzene rings is 2. The largest absolute Gasteiger partial charge is 0.322 e. The second-order valence-corrected chi connectivity index (χ2v) is 8.95. The minimum absolute atomic E-state index is 0.234. The number of fused-ring (bicyclic) bond motifs is 1. The maximum absolute atomic E-state index is 12.6. The molecule has 0 aliphatic carbocycles. The van der Waals surface area contributed by atoms with Gasteiger partial charge >= 0.3 is 0 Å². The van der Waals surface area contributed by atoms with E-state index in [9.17, 15) is 21.6 Å². The molecule has 0 aliphatic heterocycles. The summed E-state index contributed by atoms with van der Waals surface area (Å²) in [7, 11) is -8.05. The number of aromatic nitrogens is 1. The van der Waals surface area contributed by atoms with E-state index in [0.717, 1.165) is 6.07 Å². The first-order valence-electron chi connectivity index (χ1n) is 7.36. The Kier molecular flexibility index (Phi) is 4.34. The van der Waals surface area contributed by atoms with Gasteiger partial charge in [-0.2, -0.15) is 0 Å². The molecule has 4 N–H and O–H groups in total. The van der Waals surface area contributed by atoms with E-state index in [1.807, 2.05) is 0 Å². The van der Waals surface area contributed by atoms with E-state index in [1.165, 1.54) is 30.3 Å². The molecule has 0 amide bonds. The molecule has 0 fully saturated rings. The lowest BCUT2D eigenvalue weighted by Crippen LogP contribution is -2.16. The van der Waals surface area contributed by atoms with Gasteiger partial charge in [0, 0.05) is 22.7 Å². The number of H-pyrrole nitrogens is 1. The van der Waals surface area contributed by atoms with Gasteiger partial charge in [-0.05, 0) is 48.9 Å². The number of pyridine rings is 1. The summed E-state index contributed by atoms with van der Waals surface area (Å²) in [6, 6.07) is 10.8. The molecule has 10 heteroatoms. The highest BCUT2D eigenvalue weighted by molar-refractivity contribution is 7.93. The van der Waals surface area contributed by atoms with Gasteiger partial charge in [0.05, 0.1) is 9.79 Å². The monoisotopic (exact) mass is 393 g/mol. The van der Waals surface area contributed by atoms with Crippen molar-refractivity contribution in [1.82, 2.24) is 4.98 Å². The Morgan fingerprint density at radius 3 is 2.35 bits per heavy atom. The molecule has 2 aromatic carbocycles. The Labute approximate surface area is 149 Å². The number of hydrogen-bond acceptors (Lipinski definition) is 5. The van der Waals surface area contributed by atoms with Crippen molar-refractivity contribution in [2.45, 2.75) is 16.7 Å². The van der Waals surface area contributed by atoms with Crippen LogP contribution >= 0.6 is 0 Å². The summed E-state index contributed by atoms with van der Waals surface area (Å²) in [5, 5.41) is 5.72. The van der Waals surface area contributed by atoms with E-state index in [1.54, 1.807) is 19.1 Å². The fraction of sp³-hybridized carbons (Fsp3) is 0.0625. The second kappa shape index (κ2) is 6.24. The van der Waals surface area contributed by atoms with Crippen LogP contribution in [0.25, 0.3) is 10.9 Å². The predicted octanol–water partition coefficient (Wildman–Crippen LogP) is 1.28. The summed E-state index contributed by atoms with van der Waals surface area (Å²) in [6.07, 6.45) is 0. The molecule has 0 atom stereocenters. The van der Waals surface area contributed by atoms with Crippen LogP contribution in [0.15, 0.2) is 63.1 Å². The van der Waals surface area contributed by atoms with Crippen LogP contribution in [0.1, 0.15) is 5.56 Å². The zero-order valence-corrected chi connectivity index (χ0v) is 15.2. The van der Waals surface area contributed by atoms with E-state index in [0.29, 0.717) is 16.5 Å². The molecular formula is C16H15N3O5S2. The lowest BCUT2D eigenvalue weighted by molar-refractivity contribution is 0.597. The van der Waals surface area contributed by atoms with Crippen molar-refractivity contribution in [3.63, 3.8) is 0 Å². The van der Waals surface area contributed by atoms with Gasteiger partial charge in [-0.25, -0.2) is 22.0 Å². The molecule has 26 heavy (non-hydrogen) atoms. The molecule has 0 bridgehead atoms. The zero-order valence-electron chi connectivity index (χ0n) is 13.6. The Bertz CT molecular complexity index is 1280. The Hall–Kier alpha value is -2.69. The summed E-state index contributed by atoms with van der Waals surface area (Å²) >= 11 is 0. The molecule has 0 saturated heterocycles. The van der Waals surface area contributed by atoms with E-state index >= 15 is 0 Å². The minimum Gasteiger partial charge on any atom is -0.322 e. The number of sulfonamides is 2. The first-order chi connectivity index (χ1) is 12.1. The fourth-order valence-corrected chi connectivity index (χ4v) is 4.25. The third-order valence-corrected chi connectivity index (χ3v) is 6.04. The number of nitrogens with one attached hydrogen (secondary N) is 2. The van der Waals surface area contributed by atoms with Crippen molar-refractivity contribution >= 4 is 36.6 Å². The second-order valence-electron chi connectivity index (χ2n) is 5.70. The molecule has 0 saturated carbocycles. The number of rotatable bonds is 4. The molecule has 3 aromatic rings. The molecule has 3 rings (SSSR count). The topological polar surface area (TPSA) is 139 Å². The van der Waals surface area contributed by atoms with E-state index < -0.39 is 20.0 Å². The van der Waals surface area contributed by atoms with Crippen LogP contribution in [0.2, 0.25) is 0 Å². The van der Waals surface area contributed by atoms with Gasteiger partial charge in [-0.1, -0.05) is 6.07 Å². The van der Waals surface area contributed by atoms with Crippen LogP contribution in [-0.4, -0.2) is 21.8 Å². The van der Waals surface area contributed by atoms with Gasteiger partial charge in [0.25, 0.3) is 10.0 Å². The van der Waals surface area contributed by atoms with Crippen molar-refractivity contribution in [1.29, 1.82) is 0 Å². The first kappa shape index (κ1) is 18.1. The van der Waals surface area contributed by atoms with Gasteiger partial charge in [-0.15, -0.1) is 0 Å². The lowest BCUT2D eigenvalue weighted by Gasteiger charge is -2.10. The smallest absolute Gasteiger partial charge is 0.261 e. The molecule has 0 radical (unpaired) electrons. The highest BCUT2D eigenvalue weighted by atomic mass is 32.2. The highest BCUT2D eigenvalue weighted by Crippen LogP contribution is 2.23. The zero-order chi connectivity index (χ0) is 19.1. The number of hydrogen-bond donors (Lipinski definition) is 3. The van der Waals surface area contributed by atoms with Crippen LogP contribution in [0.5, 0.6) is 0 Å². The molecule has 0 aliphatic rings. The summed E-state index contributed by atoms with van der Waals surface area (Å²) in [4.78, 5) is 13.6. The van der Waals surface area contributed by atoms with Gasteiger partial charge < -0.3 is 4.98 Å². The molecular weight excluding hydrogens is 378 g/mol. The van der Waals surface area contributed by atoms with Crippen LogP contribution < -0.4 is 15.4 Å². The Morgan fingerprint density at radius 2 is 1.65 bits per heavy atom. The lowest BCUT2D eigenvalue weighted by atomic mass is 10.1. The molecule has 1 heterocycles. The van der Waals surface area contributed by atoms with Crippen LogP contribution in [0, 0.1) is 6.92 Å². The van der Waals surface area contributed by atoms with Crippen molar-refractivity contribution in [3.05, 3.63) is 64.4 Å². The molecule has 8 nitrogen and oxygen atoms in total. The average molecular weight is 393 g/mol. The maximum Gasteiger partial charge on any atom is 0.261 e. The van der Waals surface area contributed by atoms with Crippen LogP contribution in [-0.2, 0) is 20.0 Å². The molecule has 0 spiro atoms. The number of aromatic amines is 1. The summed E-state index contributed by atoms with van der Waals surface area (Å²) < 4.78 is 50.3. The third-order valence-electron chi connectivity index (χ3n) is 3.75. The maximum atomic E-state index is 12.6. The number of aryl methyl sites for hydroxylation is 1. The fourth-order valence-electron chi connectivity index (χ4n) is 2.52. The van der Waals surface area contributed by atoms with Crippen LogP contribution in [0.4, 0.5) is 5.69 Å². The standard InChI is InChI=1S/C16H15N3O5S2/c1-10-7-16(20)18-15-6-5-11(8-14(10)15)19-26(23,24)13-4-2-3-12(9-13)25(17,21)22/h2-9,19H,1H3,(H,18,20)(H2,17,21,22). The van der Waals surface area contributed by atoms with E-state index in [-0.39, 0.29) is 21.0 Å². The average Bonchev–Trinajstić information content (AvgIpc) is 2.54. The number of nitrogens with two attached hydrogens (primary N) is 1. The summed E-state index contributed by atoms with van der Waals surface area (Å²) in [6.45, 7) is 1.74. The van der Waals surface area contributed by atoms with Crippen molar-refractivity contribution in [2.75, 3.05) is 4.72 Å². The normalized spacial score (nSPS) is 12.2. The SMILES string of the molecule is Cc1cc(=O)[nH]c2ccc(NS(=O)(=O)c3cccc(S(N)(=O)=O)c3)cc12. The van der Waals surface area contributed by atoms with Gasteiger partial charge in [0.2, 0.25) is 15.6 Å². The van der Waals surface area contributed by atoms with Gasteiger partial charge in [0.1, 0.15) is 0 Å². The minimum atomic E-state index is -4.03. The van der Waals surface area contributed by atoms with Gasteiger partial charge in [0.15, 0.2) is 0 Å². The van der Waals surface area contributed by atoms with E-state index in [4.69, 9.17) is 5.14 Å². The van der Waals surface area contributed by atoms with E-state index in [2.05, 4.69) is 9.71 Å². The summed E-state index contributed by atoms with van der Waals surface area (Å²) in [5.74, 6) is 0. The quantitative estimate of drug-likeness (QED) is 0.613. The molecule has 0 unspecified atom stereocenters.